The average Bonchev–Trinajstić information content (AvgIpc) is 3.34. The van der Waals surface area contributed by atoms with Gasteiger partial charge in [-0.3, -0.25) is 20.5 Å². The van der Waals surface area contributed by atoms with E-state index in [1.807, 2.05) is 6.20 Å². The fourth-order valence-electron chi connectivity index (χ4n) is 4.44. The zero-order chi connectivity index (χ0) is 22.1. The number of aryl methyl sites for hydroxylation is 1. The number of pyridine rings is 1. The van der Waals surface area contributed by atoms with Crippen molar-refractivity contribution in [2.45, 2.75) is 44.6 Å². The van der Waals surface area contributed by atoms with Gasteiger partial charge in [0, 0.05) is 43.5 Å². The molecule has 170 valence electrons. The van der Waals surface area contributed by atoms with Gasteiger partial charge in [-0.2, -0.15) is 0 Å². The van der Waals surface area contributed by atoms with Crippen molar-refractivity contribution in [2.75, 3.05) is 36.5 Å². The Morgan fingerprint density at radius 2 is 2.03 bits per heavy atom. The highest BCUT2D eigenvalue weighted by Crippen LogP contribution is 2.32. The molecule has 1 saturated carbocycles. The first-order valence-corrected chi connectivity index (χ1v) is 11.6. The summed E-state index contributed by atoms with van der Waals surface area (Å²) in [5, 5.41) is 3.26. The number of ether oxygens (including phenoxy) is 1. The van der Waals surface area contributed by atoms with Crippen LogP contribution in [0.3, 0.4) is 0 Å². The van der Waals surface area contributed by atoms with Crippen LogP contribution in [-0.2, 0) is 11.2 Å². The molecule has 1 amide bonds. The number of halogens is 1. The topological polar surface area (TPSA) is 78.5 Å². The molecule has 3 N–H and O–H groups in total. The maximum Gasteiger partial charge on any atom is 0.250 e. The molecule has 1 aromatic carbocycles. The molecule has 1 unspecified atom stereocenters. The summed E-state index contributed by atoms with van der Waals surface area (Å²) in [6, 6.07) is 6.38. The molecule has 0 bridgehead atoms. The van der Waals surface area contributed by atoms with E-state index < -0.39 is 0 Å². The Morgan fingerprint density at radius 1 is 1.22 bits per heavy atom. The first kappa shape index (κ1) is 21.2. The van der Waals surface area contributed by atoms with Crippen molar-refractivity contribution in [3.63, 3.8) is 0 Å². The first-order chi connectivity index (χ1) is 15.6. The maximum atomic E-state index is 14.1. The Bertz CT molecular complexity index is 990. The summed E-state index contributed by atoms with van der Waals surface area (Å²) in [6.07, 6.45) is 5.77. The van der Waals surface area contributed by atoms with Crippen LogP contribution < -0.4 is 25.8 Å². The Labute approximate surface area is 187 Å². The minimum atomic E-state index is -0.375. The fraction of sp³-hybridized carbons (Fsp3) is 0.500. The molecule has 3 heterocycles. The van der Waals surface area contributed by atoms with Crippen molar-refractivity contribution >= 4 is 17.4 Å². The van der Waals surface area contributed by atoms with Crippen LogP contribution in [0.25, 0.3) is 0 Å². The second-order valence-electron chi connectivity index (χ2n) is 8.93. The van der Waals surface area contributed by atoms with E-state index in [1.165, 1.54) is 17.2 Å². The SMILES string of the molecule is CCc1cc(N2CCC(Nc3ccc(F)c(OCC4CC4)c3)C2=O)ncc1C1CNNC1. The molecular formula is C24H30FN5O2. The van der Waals surface area contributed by atoms with Crippen molar-refractivity contribution in [3.8, 4) is 5.75 Å². The van der Waals surface area contributed by atoms with E-state index >= 15 is 0 Å². The largest absolute Gasteiger partial charge is 0.490 e. The molecule has 3 fully saturated rings. The number of nitrogens with one attached hydrogen (secondary N) is 3. The van der Waals surface area contributed by atoms with E-state index in [2.05, 4.69) is 34.1 Å². The van der Waals surface area contributed by atoms with Crippen molar-refractivity contribution in [1.82, 2.24) is 15.8 Å². The molecule has 1 aliphatic carbocycles. The highest BCUT2D eigenvalue weighted by Gasteiger charge is 2.34. The lowest BCUT2D eigenvalue weighted by Gasteiger charge is -2.20. The van der Waals surface area contributed by atoms with Gasteiger partial charge >= 0.3 is 0 Å². The van der Waals surface area contributed by atoms with Crippen LogP contribution in [0.4, 0.5) is 15.9 Å². The number of amides is 1. The second kappa shape index (κ2) is 9.03. The van der Waals surface area contributed by atoms with E-state index in [0.717, 1.165) is 32.4 Å². The quantitative estimate of drug-likeness (QED) is 0.587. The van der Waals surface area contributed by atoms with Crippen molar-refractivity contribution < 1.29 is 13.9 Å². The first-order valence-electron chi connectivity index (χ1n) is 11.6. The number of anilines is 2. The number of hydrazine groups is 1. The molecule has 5 rings (SSSR count). The van der Waals surface area contributed by atoms with E-state index in [1.54, 1.807) is 17.0 Å². The number of hydrogen-bond acceptors (Lipinski definition) is 6. The van der Waals surface area contributed by atoms with Gasteiger partial charge in [0.15, 0.2) is 11.6 Å². The van der Waals surface area contributed by atoms with Gasteiger partial charge in [-0.25, -0.2) is 9.37 Å². The van der Waals surface area contributed by atoms with E-state index in [-0.39, 0.29) is 23.5 Å². The summed E-state index contributed by atoms with van der Waals surface area (Å²) in [6.45, 7) is 5.04. The molecule has 2 aromatic rings. The molecule has 1 atom stereocenters. The van der Waals surface area contributed by atoms with E-state index in [0.29, 0.717) is 42.9 Å². The number of carbonyl (C=O) groups is 1. The molecule has 8 heteroatoms. The molecule has 7 nitrogen and oxygen atoms in total. The zero-order valence-electron chi connectivity index (χ0n) is 18.4. The van der Waals surface area contributed by atoms with Crippen molar-refractivity contribution in [1.29, 1.82) is 0 Å². The summed E-state index contributed by atoms with van der Waals surface area (Å²) >= 11 is 0. The minimum Gasteiger partial charge on any atom is -0.490 e. The molecular weight excluding hydrogens is 409 g/mol. The summed E-state index contributed by atoms with van der Waals surface area (Å²) in [5.41, 5.74) is 9.49. The third-order valence-corrected chi connectivity index (χ3v) is 6.58. The van der Waals surface area contributed by atoms with Gasteiger partial charge in [0.05, 0.1) is 6.61 Å². The molecule has 0 spiro atoms. The average molecular weight is 440 g/mol. The lowest BCUT2D eigenvalue weighted by atomic mass is 9.95. The predicted octanol–water partition coefficient (Wildman–Crippen LogP) is 2.98. The van der Waals surface area contributed by atoms with E-state index in [4.69, 9.17) is 4.74 Å². The Morgan fingerprint density at radius 3 is 2.78 bits per heavy atom. The van der Waals surface area contributed by atoms with Gasteiger partial charge in [-0.1, -0.05) is 6.92 Å². The normalized spacial score (nSPS) is 21.4. The van der Waals surface area contributed by atoms with Crippen LogP contribution in [0.15, 0.2) is 30.5 Å². The fourth-order valence-corrected chi connectivity index (χ4v) is 4.44. The molecule has 2 saturated heterocycles. The van der Waals surface area contributed by atoms with Crippen LogP contribution in [0.1, 0.15) is 43.2 Å². The van der Waals surface area contributed by atoms with Gasteiger partial charge in [0.2, 0.25) is 0 Å². The van der Waals surface area contributed by atoms with Crippen LogP contribution in [-0.4, -0.2) is 43.2 Å². The van der Waals surface area contributed by atoms with E-state index in [9.17, 15) is 9.18 Å². The van der Waals surface area contributed by atoms with Gasteiger partial charge in [0.25, 0.3) is 5.91 Å². The highest BCUT2D eigenvalue weighted by atomic mass is 19.1. The third kappa shape index (κ3) is 4.42. The molecule has 0 radical (unpaired) electrons. The zero-order valence-corrected chi connectivity index (χ0v) is 18.4. The molecule has 32 heavy (non-hydrogen) atoms. The Hall–Kier alpha value is -2.71. The van der Waals surface area contributed by atoms with Crippen LogP contribution in [0.5, 0.6) is 5.75 Å². The number of hydrogen-bond donors (Lipinski definition) is 3. The summed E-state index contributed by atoms with van der Waals surface area (Å²) in [7, 11) is 0. The number of aromatic nitrogens is 1. The summed E-state index contributed by atoms with van der Waals surface area (Å²) in [5.74, 6) is 1.49. The number of nitrogens with zero attached hydrogens (tertiary/aromatic N) is 2. The molecule has 3 aliphatic rings. The Kier molecular flexibility index (Phi) is 5.97. The van der Waals surface area contributed by atoms with Gasteiger partial charge in [-0.15, -0.1) is 0 Å². The Balaban J connectivity index is 1.27. The van der Waals surface area contributed by atoms with Crippen LogP contribution >= 0.6 is 0 Å². The second-order valence-corrected chi connectivity index (χ2v) is 8.93. The van der Waals surface area contributed by atoms with Gasteiger partial charge in [-0.05, 0) is 60.9 Å². The number of carbonyl (C=O) groups excluding carboxylic acids is 1. The third-order valence-electron chi connectivity index (χ3n) is 6.58. The number of rotatable bonds is 8. The van der Waals surface area contributed by atoms with Crippen LogP contribution in [0.2, 0.25) is 0 Å². The highest BCUT2D eigenvalue weighted by molar-refractivity contribution is 6.00. The number of benzene rings is 1. The monoisotopic (exact) mass is 439 g/mol. The van der Waals surface area contributed by atoms with Crippen molar-refractivity contribution in [2.24, 2.45) is 5.92 Å². The lowest BCUT2D eigenvalue weighted by molar-refractivity contribution is -0.117. The van der Waals surface area contributed by atoms with Gasteiger partial charge in [0.1, 0.15) is 11.9 Å². The van der Waals surface area contributed by atoms with Crippen molar-refractivity contribution in [3.05, 3.63) is 47.4 Å². The summed E-state index contributed by atoms with van der Waals surface area (Å²) in [4.78, 5) is 19.5. The predicted molar refractivity (Wildman–Crippen MR) is 121 cm³/mol. The standard InChI is InChI=1S/C24H30FN5O2/c1-2-16-9-23(26-13-19(16)17-11-27-28-12-17)30-8-7-21(24(30)31)29-18-5-6-20(25)22(10-18)32-14-15-3-4-15/h5-6,9-10,13,15,17,21,27-29H,2-4,7-8,11-12,14H2,1H3. The lowest BCUT2D eigenvalue weighted by Crippen LogP contribution is -2.34. The maximum absolute atomic E-state index is 14.1. The summed E-state index contributed by atoms with van der Waals surface area (Å²) < 4.78 is 19.7. The minimum absolute atomic E-state index is 0.0127. The molecule has 1 aromatic heterocycles. The van der Waals surface area contributed by atoms with Crippen LogP contribution in [0, 0.1) is 11.7 Å². The smallest absolute Gasteiger partial charge is 0.250 e. The van der Waals surface area contributed by atoms with Gasteiger partial charge < -0.3 is 10.1 Å². The molecule has 2 aliphatic heterocycles.